The fourth-order valence-corrected chi connectivity index (χ4v) is 3.71. The van der Waals surface area contributed by atoms with Gasteiger partial charge in [0, 0.05) is 49.4 Å². The minimum absolute atomic E-state index is 0.305. The maximum atomic E-state index is 14.2. The zero-order valence-corrected chi connectivity index (χ0v) is 17.1. The van der Waals surface area contributed by atoms with E-state index in [0.29, 0.717) is 28.8 Å². The number of benzene rings is 1. The van der Waals surface area contributed by atoms with Gasteiger partial charge in [0.15, 0.2) is 5.82 Å². The first-order valence-electron chi connectivity index (χ1n) is 10.2. The van der Waals surface area contributed by atoms with E-state index in [2.05, 4.69) is 31.9 Å². The molecule has 0 unspecified atom stereocenters. The first-order chi connectivity index (χ1) is 14.7. The van der Waals surface area contributed by atoms with Crippen LogP contribution in [0.2, 0.25) is 0 Å². The van der Waals surface area contributed by atoms with Crippen LogP contribution < -0.4 is 10.1 Å². The van der Waals surface area contributed by atoms with Gasteiger partial charge in [-0.3, -0.25) is 9.98 Å². The van der Waals surface area contributed by atoms with Crippen molar-refractivity contribution in [1.29, 1.82) is 0 Å². The Balaban J connectivity index is 1.73. The van der Waals surface area contributed by atoms with Crippen molar-refractivity contribution in [1.82, 2.24) is 15.2 Å². The van der Waals surface area contributed by atoms with Gasteiger partial charge in [-0.25, -0.2) is 9.38 Å². The van der Waals surface area contributed by atoms with Crippen molar-refractivity contribution in [2.45, 2.75) is 25.7 Å². The monoisotopic (exact) mass is 407 g/mol. The van der Waals surface area contributed by atoms with Crippen LogP contribution in [0.4, 0.5) is 4.39 Å². The fourth-order valence-electron chi connectivity index (χ4n) is 3.71. The van der Waals surface area contributed by atoms with E-state index in [9.17, 15) is 4.39 Å². The number of rotatable bonds is 7. The summed E-state index contributed by atoms with van der Waals surface area (Å²) in [5.41, 5.74) is 2.63. The van der Waals surface area contributed by atoms with Gasteiger partial charge in [0.05, 0.1) is 5.69 Å². The number of hydrogen-bond donors (Lipinski definition) is 1. The van der Waals surface area contributed by atoms with Gasteiger partial charge in [0.1, 0.15) is 23.7 Å². The molecule has 1 aliphatic carbocycles. The average Bonchev–Trinajstić information content (AvgIpc) is 3.61. The molecule has 156 valence electrons. The molecule has 2 aliphatic rings. The Labute approximate surface area is 176 Å². The highest BCUT2D eigenvalue weighted by molar-refractivity contribution is 5.73. The Morgan fingerprint density at radius 2 is 2.07 bits per heavy atom. The summed E-state index contributed by atoms with van der Waals surface area (Å²) in [6.45, 7) is 8.72. The summed E-state index contributed by atoms with van der Waals surface area (Å²) in [5, 5.41) is 3.33. The molecule has 1 saturated carbocycles. The minimum Gasteiger partial charge on any atom is -0.458 e. The quantitative estimate of drug-likeness (QED) is 0.429. The largest absolute Gasteiger partial charge is 0.458 e. The van der Waals surface area contributed by atoms with E-state index in [1.54, 1.807) is 12.3 Å². The second kappa shape index (κ2) is 9.17. The molecule has 2 heterocycles. The van der Waals surface area contributed by atoms with Crippen molar-refractivity contribution in [3.63, 3.8) is 0 Å². The number of pyridine rings is 1. The lowest BCUT2D eigenvalue weighted by molar-refractivity contribution is 0.276. The Hall–Kier alpha value is -3.06. The lowest BCUT2D eigenvalue weighted by atomic mass is 10.0. The van der Waals surface area contributed by atoms with Crippen LogP contribution in [-0.2, 0) is 0 Å². The number of aliphatic imine (C=N–C) groups is 2. The smallest absolute Gasteiger partial charge is 0.169 e. The summed E-state index contributed by atoms with van der Waals surface area (Å²) in [7, 11) is 0. The predicted octanol–water partition coefficient (Wildman–Crippen LogP) is 3.97. The summed E-state index contributed by atoms with van der Waals surface area (Å²) in [4.78, 5) is 14.9. The molecular weight excluding hydrogens is 381 g/mol. The van der Waals surface area contributed by atoms with Gasteiger partial charge in [-0.05, 0) is 50.7 Å². The summed E-state index contributed by atoms with van der Waals surface area (Å²) in [6, 6.07) is 8.47. The minimum atomic E-state index is -0.305. The van der Waals surface area contributed by atoms with E-state index < -0.39 is 0 Å². The molecule has 0 amide bonds. The van der Waals surface area contributed by atoms with Crippen LogP contribution in [0.15, 0.2) is 58.1 Å². The molecule has 2 aromatic rings. The number of ether oxygens (including phenoxy) is 1. The summed E-state index contributed by atoms with van der Waals surface area (Å²) in [5.74, 6) is 2.04. The summed E-state index contributed by atoms with van der Waals surface area (Å²) < 4.78 is 20.5. The maximum Gasteiger partial charge on any atom is 0.169 e. The van der Waals surface area contributed by atoms with Crippen LogP contribution in [0.5, 0.6) is 5.75 Å². The fraction of sp³-hybridized carbons (Fsp3) is 0.348. The molecule has 1 aromatic heterocycles. The second-order valence-electron chi connectivity index (χ2n) is 7.50. The molecular formula is C23H26FN5O. The summed E-state index contributed by atoms with van der Waals surface area (Å²) >= 11 is 0. The maximum absolute atomic E-state index is 14.2. The molecule has 30 heavy (non-hydrogen) atoms. The third-order valence-electron chi connectivity index (χ3n) is 5.29. The van der Waals surface area contributed by atoms with Crippen molar-refractivity contribution in [2.75, 3.05) is 26.2 Å². The van der Waals surface area contributed by atoms with Crippen LogP contribution >= 0.6 is 0 Å². The Morgan fingerprint density at radius 3 is 2.80 bits per heavy atom. The van der Waals surface area contributed by atoms with Gasteiger partial charge in [-0.2, -0.15) is 0 Å². The highest BCUT2D eigenvalue weighted by Crippen LogP contribution is 2.45. The van der Waals surface area contributed by atoms with Crippen LogP contribution in [0, 0.1) is 5.82 Å². The van der Waals surface area contributed by atoms with Crippen molar-refractivity contribution < 1.29 is 9.13 Å². The zero-order chi connectivity index (χ0) is 20.9. The molecule has 0 bridgehead atoms. The molecule has 7 heteroatoms. The van der Waals surface area contributed by atoms with Gasteiger partial charge in [0.25, 0.3) is 0 Å². The number of halogens is 1. The average molecular weight is 407 g/mol. The first kappa shape index (κ1) is 20.2. The van der Waals surface area contributed by atoms with Gasteiger partial charge in [0.2, 0.25) is 0 Å². The molecule has 1 aliphatic heterocycles. The third kappa shape index (κ3) is 4.57. The lowest BCUT2D eigenvalue weighted by Gasteiger charge is -2.30. The first-order valence-corrected chi connectivity index (χ1v) is 10.2. The van der Waals surface area contributed by atoms with Crippen LogP contribution in [-0.4, -0.2) is 49.1 Å². The number of piperazine rings is 1. The van der Waals surface area contributed by atoms with Gasteiger partial charge < -0.3 is 15.0 Å². The van der Waals surface area contributed by atoms with Gasteiger partial charge >= 0.3 is 0 Å². The number of hydrogen-bond acceptors (Lipinski definition) is 5. The second-order valence-corrected chi connectivity index (χ2v) is 7.50. The summed E-state index contributed by atoms with van der Waals surface area (Å²) in [6.07, 6.45) is 5.44. The topological polar surface area (TPSA) is 62.1 Å². The Kier molecular flexibility index (Phi) is 6.18. The Bertz CT molecular complexity index is 977. The van der Waals surface area contributed by atoms with Crippen molar-refractivity contribution in [3.8, 4) is 16.9 Å². The predicted molar refractivity (Wildman–Crippen MR) is 117 cm³/mol. The van der Waals surface area contributed by atoms with E-state index in [0.717, 1.165) is 50.3 Å². The third-order valence-corrected chi connectivity index (χ3v) is 5.29. The SMILES string of the molecule is C=N/C=N\C(=C(/C)Oc1ccc(F)cc1-c1cccnc1C1CC1)N1CCNCC1. The number of nitrogens with zero attached hydrogens (tertiary/aromatic N) is 4. The molecule has 1 N–H and O–H groups in total. The molecule has 1 aromatic carbocycles. The van der Waals surface area contributed by atoms with Crippen molar-refractivity contribution in [3.05, 3.63) is 59.6 Å². The normalized spacial score (nSPS) is 17.7. The Morgan fingerprint density at radius 1 is 1.27 bits per heavy atom. The molecule has 0 radical (unpaired) electrons. The number of aromatic nitrogens is 1. The molecule has 4 rings (SSSR count). The molecule has 0 spiro atoms. The highest BCUT2D eigenvalue weighted by Gasteiger charge is 2.29. The lowest BCUT2D eigenvalue weighted by Crippen LogP contribution is -2.43. The van der Waals surface area contributed by atoms with Gasteiger partial charge in [-0.15, -0.1) is 0 Å². The van der Waals surface area contributed by atoms with E-state index in [1.807, 2.05) is 19.1 Å². The van der Waals surface area contributed by atoms with E-state index in [1.165, 1.54) is 18.5 Å². The highest BCUT2D eigenvalue weighted by atomic mass is 19.1. The molecule has 2 fully saturated rings. The van der Waals surface area contributed by atoms with Crippen LogP contribution in [0.25, 0.3) is 11.1 Å². The number of allylic oxidation sites excluding steroid dienone is 1. The standard InChI is InChI=1S/C23H26FN5O/c1-16(23(28-15-25-2)29-12-10-26-11-13-29)30-21-8-7-18(24)14-20(21)19-4-3-9-27-22(19)17-5-6-17/h3-4,7-9,14-15,17,26H,2,5-6,10-13H2,1H3/b23-16-,28-15-. The van der Waals surface area contributed by atoms with Crippen LogP contribution in [0.3, 0.4) is 0 Å². The van der Waals surface area contributed by atoms with E-state index in [-0.39, 0.29) is 5.82 Å². The van der Waals surface area contributed by atoms with E-state index >= 15 is 0 Å². The van der Waals surface area contributed by atoms with Gasteiger partial charge in [-0.1, -0.05) is 6.07 Å². The number of nitrogens with one attached hydrogen (secondary N) is 1. The van der Waals surface area contributed by atoms with Crippen LogP contribution in [0.1, 0.15) is 31.4 Å². The molecule has 0 atom stereocenters. The molecule has 1 saturated heterocycles. The molecule has 6 nitrogen and oxygen atoms in total. The van der Waals surface area contributed by atoms with Crippen molar-refractivity contribution in [2.24, 2.45) is 9.98 Å². The van der Waals surface area contributed by atoms with E-state index in [4.69, 9.17) is 4.74 Å². The zero-order valence-electron chi connectivity index (χ0n) is 17.1. The van der Waals surface area contributed by atoms with Crippen molar-refractivity contribution >= 4 is 13.1 Å².